The molecule has 0 saturated heterocycles. The van der Waals surface area contributed by atoms with E-state index in [0.717, 1.165) is 24.8 Å². The van der Waals surface area contributed by atoms with Gasteiger partial charge in [-0.25, -0.2) is 4.98 Å². The van der Waals surface area contributed by atoms with Gasteiger partial charge in [-0.3, -0.25) is 14.6 Å². The van der Waals surface area contributed by atoms with Gasteiger partial charge in [0.05, 0.1) is 6.61 Å². The molecule has 2 amide bonds. The van der Waals surface area contributed by atoms with E-state index in [1.807, 2.05) is 19.1 Å². The van der Waals surface area contributed by atoms with E-state index >= 15 is 0 Å². The van der Waals surface area contributed by atoms with Crippen LogP contribution in [0, 0.1) is 0 Å². The summed E-state index contributed by atoms with van der Waals surface area (Å²) in [5, 5.41) is 6.11. The van der Waals surface area contributed by atoms with Gasteiger partial charge in [0.15, 0.2) is 0 Å². The third kappa shape index (κ3) is 5.52. The van der Waals surface area contributed by atoms with Gasteiger partial charge in [-0.2, -0.15) is 0 Å². The quantitative estimate of drug-likeness (QED) is 0.731. The van der Waals surface area contributed by atoms with E-state index in [1.165, 1.54) is 0 Å². The maximum absolute atomic E-state index is 12.6. The molecule has 0 unspecified atom stereocenters. The van der Waals surface area contributed by atoms with E-state index in [2.05, 4.69) is 20.6 Å². The molecule has 2 aromatic heterocycles. The number of nitrogens with zero attached hydrogens (tertiary/aromatic N) is 2. The molecule has 0 aromatic carbocycles. The number of rotatable bonds is 8. The van der Waals surface area contributed by atoms with Crippen molar-refractivity contribution in [1.82, 2.24) is 20.6 Å². The molecule has 2 heterocycles. The highest BCUT2D eigenvalue weighted by Crippen LogP contribution is 2.21. The number of aromatic nitrogens is 2. The largest absolute Gasteiger partial charge is 0.477 e. The summed E-state index contributed by atoms with van der Waals surface area (Å²) >= 11 is 0. The molecule has 7 heteroatoms. The number of carbonyl (C=O) groups is 2. The predicted octanol–water partition coefficient (Wildman–Crippen LogP) is 2.28. The lowest BCUT2D eigenvalue weighted by molar-refractivity contribution is -0.121. The van der Waals surface area contributed by atoms with Gasteiger partial charge in [0.25, 0.3) is 5.91 Å². The number of hydrogen-bond acceptors (Lipinski definition) is 5. The number of pyridine rings is 2. The maximum atomic E-state index is 12.6. The van der Waals surface area contributed by atoms with Gasteiger partial charge in [0.2, 0.25) is 11.8 Å². The second-order valence-corrected chi connectivity index (χ2v) is 6.90. The first-order valence-electron chi connectivity index (χ1n) is 9.72. The minimum atomic E-state index is -0.190. The molecule has 2 aromatic rings. The molecule has 1 saturated carbocycles. The summed E-state index contributed by atoms with van der Waals surface area (Å²) in [5.74, 6) is 0.192. The van der Waals surface area contributed by atoms with Crippen molar-refractivity contribution in [2.24, 2.45) is 0 Å². The number of hydrogen-bond donors (Lipinski definition) is 2. The topological polar surface area (TPSA) is 93.2 Å². The van der Waals surface area contributed by atoms with Crippen LogP contribution in [0.25, 0.3) is 0 Å². The van der Waals surface area contributed by atoms with E-state index in [-0.39, 0.29) is 23.9 Å². The van der Waals surface area contributed by atoms with Crippen LogP contribution < -0.4 is 15.4 Å². The molecule has 1 aliphatic carbocycles. The zero-order valence-corrected chi connectivity index (χ0v) is 16.1. The van der Waals surface area contributed by atoms with Gasteiger partial charge in [0, 0.05) is 37.1 Å². The summed E-state index contributed by atoms with van der Waals surface area (Å²) in [5.41, 5.74) is 1.49. The Labute approximate surface area is 164 Å². The highest BCUT2D eigenvalue weighted by Gasteiger charge is 2.28. The molecule has 0 bridgehead atoms. The van der Waals surface area contributed by atoms with Crippen LogP contribution in [0.1, 0.15) is 48.5 Å². The van der Waals surface area contributed by atoms with Crippen LogP contribution in [0.2, 0.25) is 0 Å². The third-order valence-electron chi connectivity index (χ3n) is 4.79. The van der Waals surface area contributed by atoms with Crippen molar-refractivity contribution in [3.8, 4) is 5.88 Å². The SMILES string of the molecule is CCOc1ncccc1C(=O)N[C@H]1CC[C@@H](NC(=O)CCc2cccnc2)C1. The van der Waals surface area contributed by atoms with Crippen LogP contribution >= 0.6 is 0 Å². The number of aryl methyl sites for hydroxylation is 1. The van der Waals surface area contributed by atoms with E-state index in [4.69, 9.17) is 4.74 Å². The summed E-state index contributed by atoms with van der Waals surface area (Å²) in [7, 11) is 0. The molecule has 28 heavy (non-hydrogen) atoms. The van der Waals surface area contributed by atoms with Crippen molar-refractivity contribution in [3.05, 3.63) is 54.0 Å². The predicted molar refractivity (Wildman–Crippen MR) is 105 cm³/mol. The molecule has 7 nitrogen and oxygen atoms in total. The van der Waals surface area contributed by atoms with Gasteiger partial charge in [-0.05, 0) is 56.4 Å². The molecule has 0 spiro atoms. The number of carbonyl (C=O) groups excluding carboxylic acids is 2. The first-order valence-corrected chi connectivity index (χ1v) is 9.72. The second-order valence-electron chi connectivity index (χ2n) is 6.90. The molecule has 0 radical (unpaired) electrons. The molecule has 2 N–H and O–H groups in total. The number of ether oxygens (including phenoxy) is 1. The molecular weight excluding hydrogens is 356 g/mol. The Balaban J connectivity index is 1.45. The first-order chi connectivity index (χ1) is 13.7. The standard InChI is InChI=1S/C21H26N4O3/c1-2-28-21-18(6-4-12-23-21)20(27)25-17-9-8-16(13-17)24-19(26)10-7-15-5-3-11-22-14-15/h3-6,11-12,14,16-17H,2,7-10,13H2,1H3,(H,24,26)(H,25,27)/t16-,17+/m1/s1. The van der Waals surface area contributed by atoms with Gasteiger partial charge in [-0.1, -0.05) is 6.07 Å². The van der Waals surface area contributed by atoms with Gasteiger partial charge in [0.1, 0.15) is 5.56 Å². The lowest BCUT2D eigenvalue weighted by atomic mass is 10.1. The summed E-state index contributed by atoms with van der Waals surface area (Å²) in [6.07, 6.45) is 8.64. The monoisotopic (exact) mass is 382 g/mol. The fourth-order valence-corrected chi connectivity index (χ4v) is 3.43. The lowest BCUT2D eigenvalue weighted by Crippen LogP contribution is -2.37. The van der Waals surface area contributed by atoms with E-state index in [0.29, 0.717) is 30.9 Å². The molecule has 148 valence electrons. The molecule has 0 aliphatic heterocycles. The summed E-state index contributed by atoms with van der Waals surface area (Å²) in [4.78, 5) is 32.9. The van der Waals surface area contributed by atoms with Gasteiger partial charge < -0.3 is 15.4 Å². The van der Waals surface area contributed by atoms with E-state index in [9.17, 15) is 9.59 Å². The minimum absolute atomic E-state index is 0.0332. The van der Waals surface area contributed by atoms with Crippen LogP contribution in [0.15, 0.2) is 42.9 Å². The highest BCUT2D eigenvalue weighted by molar-refractivity contribution is 5.96. The Morgan fingerprint density at radius 1 is 1.14 bits per heavy atom. The third-order valence-corrected chi connectivity index (χ3v) is 4.79. The van der Waals surface area contributed by atoms with Crippen molar-refractivity contribution in [2.45, 2.75) is 51.1 Å². The van der Waals surface area contributed by atoms with Crippen LogP contribution in [0.3, 0.4) is 0 Å². The number of amides is 2. The average Bonchev–Trinajstić information content (AvgIpc) is 3.14. The Kier molecular flexibility index (Phi) is 6.94. The fraction of sp³-hybridized carbons (Fsp3) is 0.429. The van der Waals surface area contributed by atoms with Crippen LogP contribution in [0.4, 0.5) is 0 Å². The normalized spacial score (nSPS) is 18.5. The number of nitrogens with one attached hydrogen (secondary N) is 2. The van der Waals surface area contributed by atoms with Crippen molar-refractivity contribution in [1.29, 1.82) is 0 Å². The smallest absolute Gasteiger partial charge is 0.256 e. The average molecular weight is 382 g/mol. The van der Waals surface area contributed by atoms with Crippen LogP contribution in [0.5, 0.6) is 5.88 Å². The molecule has 3 rings (SSSR count). The highest BCUT2D eigenvalue weighted by atomic mass is 16.5. The summed E-state index contributed by atoms with van der Waals surface area (Å²) < 4.78 is 5.43. The summed E-state index contributed by atoms with van der Waals surface area (Å²) in [6, 6.07) is 7.39. The van der Waals surface area contributed by atoms with Crippen LogP contribution in [-0.2, 0) is 11.2 Å². The molecular formula is C21H26N4O3. The Morgan fingerprint density at radius 2 is 1.93 bits per heavy atom. The van der Waals surface area contributed by atoms with E-state index < -0.39 is 0 Å². The van der Waals surface area contributed by atoms with Gasteiger partial charge in [-0.15, -0.1) is 0 Å². The Morgan fingerprint density at radius 3 is 2.68 bits per heavy atom. The summed E-state index contributed by atoms with van der Waals surface area (Å²) in [6.45, 7) is 2.31. The van der Waals surface area contributed by atoms with E-state index in [1.54, 1.807) is 30.7 Å². The maximum Gasteiger partial charge on any atom is 0.256 e. The lowest BCUT2D eigenvalue weighted by Gasteiger charge is -2.15. The Bertz CT molecular complexity index is 797. The Hall–Kier alpha value is -2.96. The zero-order chi connectivity index (χ0) is 19.8. The van der Waals surface area contributed by atoms with Gasteiger partial charge >= 0.3 is 0 Å². The first kappa shape index (κ1) is 19.8. The molecule has 1 fully saturated rings. The zero-order valence-electron chi connectivity index (χ0n) is 16.1. The van der Waals surface area contributed by atoms with Crippen molar-refractivity contribution in [2.75, 3.05) is 6.61 Å². The van der Waals surface area contributed by atoms with Crippen molar-refractivity contribution < 1.29 is 14.3 Å². The van der Waals surface area contributed by atoms with Crippen molar-refractivity contribution >= 4 is 11.8 Å². The molecule has 1 aliphatic rings. The van der Waals surface area contributed by atoms with Crippen molar-refractivity contribution in [3.63, 3.8) is 0 Å². The van der Waals surface area contributed by atoms with Crippen LogP contribution in [-0.4, -0.2) is 40.5 Å². The minimum Gasteiger partial charge on any atom is -0.477 e. The molecule has 2 atom stereocenters. The fourth-order valence-electron chi connectivity index (χ4n) is 3.43. The second kappa shape index (κ2) is 9.82.